The van der Waals surface area contributed by atoms with Crippen molar-refractivity contribution in [2.45, 2.75) is 39.5 Å². The van der Waals surface area contributed by atoms with Crippen molar-refractivity contribution in [1.29, 1.82) is 0 Å². The highest BCUT2D eigenvalue weighted by Gasteiger charge is 2.30. The molecule has 1 saturated carbocycles. The highest BCUT2D eigenvalue weighted by atomic mass is 16.3. The largest absolute Gasteiger partial charge is 0.511 e. The molecule has 14 heavy (non-hydrogen) atoms. The molecule has 0 radical (unpaired) electrons. The summed E-state index contributed by atoms with van der Waals surface area (Å²) < 4.78 is 0. The van der Waals surface area contributed by atoms with E-state index in [1.54, 1.807) is 0 Å². The predicted molar refractivity (Wildman–Crippen MR) is 53.0 cm³/mol. The second-order valence-corrected chi connectivity index (χ2v) is 3.93. The molecule has 0 heterocycles. The maximum atomic E-state index is 11.5. The van der Waals surface area contributed by atoms with Crippen LogP contribution in [0.25, 0.3) is 0 Å². The van der Waals surface area contributed by atoms with Crippen LogP contribution in [-0.4, -0.2) is 16.7 Å². The van der Waals surface area contributed by atoms with Crippen molar-refractivity contribution < 1.29 is 14.7 Å². The van der Waals surface area contributed by atoms with Crippen LogP contribution in [0.15, 0.2) is 11.3 Å². The number of hydrogen-bond donors (Lipinski definition) is 1. The van der Waals surface area contributed by atoms with Crippen molar-refractivity contribution in [1.82, 2.24) is 0 Å². The average molecular weight is 196 g/mol. The molecule has 1 aliphatic carbocycles. The molecule has 0 aromatic heterocycles. The number of carbonyl (C=O) groups is 2. The summed E-state index contributed by atoms with van der Waals surface area (Å²) in [5, 5.41) is 9.54. The van der Waals surface area contributed by atoms with E-state index in [0.717, 1.165) is 6.42 Å². The first-order valence-electron chi connectivity index (χ1n) is 5.04. The summed E-state index contributed by atoms with van der Waals surface area (Å²) in [5.41, 5.74) is 0.0601. The van der Waals surface area contributed by atoms with Gasteiger partial charge in [0.2, 0.25) is 0 Å². The van der Waals surface area contributed by atoms with Crippen LogP contribution < -0.4 is 0 Å². The van der Waals surface area contributed by atoms with Gasteiger partial charge in [-0.05, 0) is 12.3 Å². The van der Waals surface area contributed by atoms with Gasteiger partial charge in [-0.2, -0.15) is 0 Å². The first kappa shape index (κ1) is 11.0. The minimum absolute atomic E-state index is 0.0191. The summed E-state index contributed by atoms with van der Waals surface area (Å²) in [4.78, 5) is 23.0. The van der Waals surface area contributed by atoms with Crippen molar-refractivity contribution in [2.75, 3.05) is 0 Å². The number of carbonyl (C=O) groups excluding carboxylic acids is 2. The van der Waals surface area contributed by atoms with Crippen LogP contribution in [0.1, 0.15) is 39.5 Å². The molecule has 0 spiro atoms. The third-order valence-corrected chi connectivity index (χ3v) is 2.40. The lowest BCUT2D eigenvalue weighted by molar-refractivity contribution is -0.125. The van der Waals surface area contributed by atoms with Crippen LogP contribution in [0.4, 0.5) is 0 Å². The van der Waals surface area contributed by atoms with Crippen LogP contribution >= 0.6 is 0 Å². The Morgan fingerprint density at radius 3 is 2.29 bits per heavy atom. The van der Waals surface area contributed by atoms with Crippen molar-refractivity contribution in [3.8, 4) is 0 Å². The highest BCUT2D eigenvalue weighted by Crippen LogP contribution is 2.25. The second-order valence-electron chi connectivity index (χ2n) is 3.93. The smallest absolute Gasteiger partial charge is 0.170 e. The molecule has 1 N–H and O–H groups in total. The number of rotatable bonds is 2. The van der Waals surface area contributed by atoms with Crippen LogP contribution in [0.3, 0.4) is 0 Å². The highest BCUT2D eigenvalue weighted by molar-refractivity contribution is 6.22. The lowest BCUT2D eigenvalue weighted by Gasteiger charge is -2.18. The Morgan fingerprint density at radius 2 is 1.86 bits per heavy atom. The second kappa shape index (κ2) is 4.40. The van der Waals surface area contributed by atoms with E-state index in [9.17, 15) is 14.7 Å². The Bertz CT molecular complexity index is 269. The lowest BCUT2D eigenvalue weighted by Crippen LogP contribution is -2.25. The van der Waals surface area contributed by atoms with Gasteiger partial charge in [-0.3, -0.25) is 9.59 Å². The normalized spacial score (nSPS) is 22.7. The Hall–Kier alpha value is -1.12. The Labute approximate surface area is 83.8 Å². The van der Waals surface area contributed by atoms with Gasteiger partial charge in [-0.1, -0.05) is 13.8 Å². The molecule has 0 aliphatic heterocycles. The van der Waals surface area contributed by atoms with E-state index in [0.29, 0.717) is 19.3 Å². The zero-order valence-electron chi connectivity index (χ0n) is 8.67. The summed E-state index contributed by atoms with van der Waals surface area (Å²) >= 11 is 0. The van der Waals surface area contributed by atoms with Crippen molar-refractivity contribution in [3.05, 3.63) is 11.3 Å². The average Bonchev–Trinajstić information content (AvgIpc) is 2.01. The Morgan fingerprint density at radius 1 is 1.36 bits per heavy atom. The fourth-order valence-corrected chi connectivity index (χ4v) is 1.75. The molecule has 0 amide bonds. The molecule has 0 saturated heterocycles. The minimum atomic E-state index is -0.195. The quantitative estimate of drug-likeness (QED) is 0.418. The number of Topliss-reactive ketones (excluding diaryl/α,β-unsaturated/α-hetero) is 2. The van der Waals surface area contributed by atoms with Gasteiger partial charge in [-0.25, -0.2) is 0 Å². The zero-order valence-corrected chi connectivity index (χ0v) is 8.67. The first-order chi connectivity index (χ1) is 6.56. The first-order valence-corrected chi connectivity index (χ1v) is 5.04. The molecule has 78 valence electrons. The number of aliphatic hydroxyl groups is 1. The molecule has 1 fully saturated rings. The zero-order chi connectivity index (χ0) is 10.7. The van der Waals surface area contributed by atoms with Gasteiger partial charge in [0.25, 0.3) is 0 Å². The van der Waals surface area contributed by atoms with E-state index in [4.69, 9.17) is 0 Å². The van der Waals surface area contributed by atoms with E-state index in [1.807, 2.05) is 13.8 Å². The standard InChI is InChI=1S/C11H16O3/c1-3-4-8(12)11-9(13)5-7(2)6-10(11)14/h7,12H,3-6H2,1-2H3. The van der Waals surface area contributed by atoms with Gasteiger partial charge in [0, 0.05) is 19.3 Å². The van der Waals surface area contributed by atoms with Crippen molar-refractivity contribution in [3.63, 3.8) is 0 Å². The summed E-state index contributed by atoms with van der Waals surface area (Å²) in [7, 11) is 0. The van der Waals surface area contributed by atoms with Crippen molar-refractivity contribution >= 4 is 11.6 Å². The minimum Gasteiger partial charge on any atom is -0.511 e. The van der Waals surface area contributed by atoms with E-state index >= 15 is 0 Å². The number of ketones is 2. The summed E-state index contributed by atoms with van der Waals surface area (Å²) in [6.07, 6.45) is 1.93. The van der Waals surface area contributed by atoms with Crippen molar-refractivity contribution in [2.24, 2.45) is 5.92 Å². The van der Waals surface area contributed by atoms with Gasteiger partial charge in [-0.15, -0.1) is 0 Å². The SMILES string of the molecule is CCCC(O)=C1C(=O)CC(C)CC1=O. The van der Waals surface area contributed by atoms with Gasteiger partial charge in [0.15, 0.2) is 11.6 Å². The molecule has 0 aromatic carbocycles. The third-order valence-electron chi connectivity index (χ3n) is 2.40. The summed E-state index contributed by atoms with van der Waals surface area (Å²) in [6.45, 7) is 3.78. The van der Waals surface area contributed by atoms with E-state index in [2.05, 4.69) is 0 Å². The number of allylic oxidation sites excluding steroid dienone is 2. The molecule has 3 heteroatoms. The van der Waals surface area contributed by atoms with Gasteiger partial charge in [0.05, 0.1) is 5.57 Å². The maximum Gasteiger partial charge on any atom is 0.170 e. The predicted octanol–water partition coefficient (Wildman–Crippen LogP) is 2.17. The fraction of sp³-hybridized carbons (Fsp3) is 0.636. The molecule has 0 bridgehead atoms. The molecule has 1 rings (SSSR count). The molecule has 1 aliphatic rings. The van der Waals surface area contributed by atoms with Gasteiger partial charge >= 0.3 is 0 Å². The van der Waals surface area contributed by atoms with Gasteiger partial charge in [0.1, 0.15) is 5.76 Å². The summed E-state index contributed by atoms with van der Waals surface area (Å²) in [6, 6.07) is 0. The Balaban J connectivity index is 2.92. The van der Waals surface area contributed by atoms with Crippen LogP contribution in [0.2, 0.25) is 0 Å². The molecule has 0 atom stereocenters. The fourth-order valence-electron chi connectivity index (χ4n) is 1.75. The van der Waals surface area contributed by atoms with Crippen LogP contribution in [-0.2, 0) is 9.59 Å². The van der Waals surface area contributed by atoms with E-state index in [1.165, 1.54) is 0 Å². The molecule has 0 unspecified atom stereocenters. The monoisotopic (exact) mass is 196 g/mol. The molecular weight excluding hydrogens is 180 g/mol. The topological polar surface area (TPSA) is 54.4 Å². The lowest BCUT2D eigenvalue weighted by atomic mass is 9.84. The van der Waals surface area contributed by atoms with E-state index in [-0.39, 0.29) is 28.8 Å². The third kappa shape index (κ3) is 2.22. The number of hydrogen-bond acceptors (Lipinski definition) is 3. The van der Waals surface area contributed by atoms with Gasteiger partial charge < -0.3 is 5.11 Å². The van der Waals surface area contributed by atoms with Crippen LogP contribution in [0, 0.1) is 5.92 Å². The maximum absolute atomic E-state index is 11.5. The molecule has 3 nitrogen and oxygen atoms in total. The molecular formula is C11H16O3. The summed E-state index contributed by atoms with van der Waals surface area (Å²) in [5.74, 6) is -0.290. The molecule has 0 aromatic rings. The number of aliphatic hydroxyl groups excluding tert-OH is 1. The Kier molecular flexibility index (Phi) is 3.44. The van der Waals surface area contributed by atoms with E-state index < -0.39 is 0 Å². The van der Waals surface area contributed by atoms with Crippen LogP contribution in [0.5, 0.6) is 0 Å².